The van der Waals surface area contributed by atoms with Gasteiger partial charge in [-0.05, 0) is 25.5 Å². The molecule has 0 aliphatic carbocycles. The summed E-state index contributed by atoms with van der Waals surface area (Å²) in [5.74, 6) is -0.547. The molecule has 116 valence electrons. The van der Waals surface area contributed by atoms with Crippen molar-refractivity contribution in [1.29, 1.82) is 0 Å². The van der Waals surface area contributed by atoms with E-state index in [1.807, 2.05) is 31.2 Å². The van der Waals surface area contributed by atoms with Gasteiger partial charge in [-0.15, -0.1) is 10.2 Å². The number of aryl methyl sites for hydroxylation is 1. The number of nitrogens with one attached hydrogen (secondary N) is 2. The van der Waals surface area contributed by atoms with Crippen molar-refractivity contribution in [2.45, 2.75) is 23.4 Å². The number of ketones is 1. The fourth-order valence-electron chi connectivity index (χ4n) is 1.69. The Bertz CT molecular complexity index is 687. The van der Waals surface area contributed by atoms with Crippen molar-refractivity contribution in [2.75, 3.05) is 12.4 Å². The van der Waals surface area contributed by atoms with Gasteiger partial charge in [-0.3, -0.25) is 9.59 Å². The molecule has 22 heavy (non-hydrogen) atoms. The van der Waals surface area contributed by atoms with Gasteiger partial charge >= 0.3 is 0 Å². The summed E-state index contributed by atoms with van der Waals surface area (Å²) in [6.45, 7) is 3.39. The lowest BCUT2D eigenvalue weighted by Gasteiger charge is -2.08. The second-order valence-corrected chi connectivity index (χ2v) is 6.87. The molecule has 0 aliphatic rings. The molecule has 0 aliphatic heterocycles. The number of hydrogen-bond acceptors (Lipinski definition) is 7. The number of rotatable bonds is 6. The minimum Gasteiger partial charge on any atom is -0.358 e. The lowest BCUT2D eigenvalue weighted by molar-refractivity contribution is -0.126. The Morgan fingerprint density at radius 2 is 2.00 bits per heavy atom. The highest BCUT2D eigenvalue weighted by Gasteiger charge is 2.25. The highest BCUT2D eigenvalue weighted by molar-refractivity contribution is 8.03. The molecule has 1 aromatic heterocycles. The van der Waals surface area contributed by atoms with Crippen molar-refractivity contribution in [3.8, 4) is 0 Å². The van der Waals surface area contributed by atoms with E-state index in [-0.39, 0.29) is 11.7 Å². The molecule has 0 fully saturated rings. The highest BCUT2D eigenvalue weighted by Crippen LogP contribution is 2.31. The SMILES string of the molecule is CNC(=O)[C@@H](Sc1nnc(Nc2ccccc2C)s1)C(C)=O. The molecule has 1 heterocycles. The van der Waals surface area contributed by atoms with Gasteiger partial charge in [0, 0.05) is 12.7 Å². The van der Waals surface area contributed by atoms with Gasteiger partial charge in [-0.25, -0.2) is 0 Å². The number of benzene rings is 1. The molecule has 0 saturated heterocycles. The maximum atomic E-state index is 11.7. The van der Waals surface area contributed by atoms with Gasteiger partial charge in [0.05, 0.1) is 0 Å². The molecular formula is C14H16N4O2S2. The molecule has 1 aromatic carbocycles. The van der Waals surface area contributed by atoms with Gasteiger partial charge in [0.25, 0.3) is 0 Å². The summed E-state index contributed by atoms with van der Waals surface area (Å²) in [5.41, 5.74) is 2.04. The molecule has 0 saturated carbocycles. The molecule has 0 spiro atoms. The molecule has 2 aromatic rings. The molecular weight excluding hydrogens is 320 g/mol. The number of hydrogen-bond donors (Lipinski definition) is 2. The first-order valence-electron chi connectivity index (χ1n) is 6.56. The van der Waals surface area contributed by atoms with E-state index in [1.165, 1.54) is 25.3 Å². The number of carbonyl (C=O) groups excluding carboxylic acids is 2. The van der Waals surface area contributed by atoms with Crippen LogP contribution in [0.1, 0.15) is 12.5 Å². The Balaban J connectivity index is 2.09. The molecule has 0 radical (unpaired) electrons. The Hall–Kier alpha value is -1.93. The van der Waals surface area contributed by atoms with Crippen LogP contribution in [-0.2, 0) is 9.59 Å². The van der Waals surface area contributed by atoms with Crippen LogP contribution >= 0.6 is 23.1 Å². The third-order valence-corrected chi connectivity index (χ3v) is 5.10. The minimum atomic E-state index is -0.802. The van der Waals surface area contributed by atoms with Crippen LogP contribution in [0.4, 0.5) is 10.8 Å². The monoisotopic (exact) mass is 336 g/mol. The van der Waals surface area contributed by atoms with Gasteiger partial charge in [0.15, 0.2) is 10.1 Å². The number of nitrogens with zero attached hydrogens (tertiary/aromatic N) is 2. The Morgan fingerprint density at radius 1 is 1.27 bits per heavy atom. The van der Waals surface area contributed by atoms with E-state index in [9.17, 15) is 9.59 Å². The van der Waals surface area contributed by atoms with Crippen molar-refractivity contribution >= 4 is 45.6 Å². The average Bonchev–Trinajstić information content (AvgIpc) is 2.93. The number of para-hydroxylation sites is 1. The number of anilines is 2. The quantitative estimate of drug-likeness (QED) is 0.622. The third kappa shape index (κ3) is 4.05. The van der Waals surface area contributed by atoms with Crippen LogP contribution in [0.3, 0.4) is 0 Å². The normalized spacial score (nSPS) is 11.8. The van der Waals surface area contributed by atoms with Gasteiger partial charge in [-0.1, -0.05) is 41.3 Å². The van der Waals surface area contributed by atoms with Crippen molar-refractivity contribution in [2.24, 2.45) is 0 Å². The van der Waals surface area contributed by atoms with Crippen LogP contribution in [-0.4, -0.2) is 34.2 Å². The molecule has 2 rings (SSSR count). The number of thioether (sulfide) groups is 1. The first-order chi connectivity index (χ1) is 10.5. The summed E-state index contributed by atoms with van der Waals surface area (Å²) in [4.78, 5) is 23.2. The van der Waals surface area contributed by atoms with Gasteiger partial charge in [-0.2, -0.15) is 0 Å². The molecule has 0 bridgehead atoms. The van der Waals surface area contributed by atoms with Crippen LogP contribution in [0.15, 0.2) is 28.6 Å². The largest absolute Gasteiger partial charge is 0.358 e. The van der Waals surface area contributed by atoms with Crippen LogP contribution in [0, 0.1) is 6.92 Å². The van der Waals surface area contributed by atoms with Gasteiger partial charge < -0.3 is 10.6 Å². The number of aromatic nitrogens is 2. The number of amides is 1. The summed E-state index contributed by atoms with van der Waals surface area (Å²) in [6.07, 6.45) is 0. The van der Waals surface area contributed by atoms with Crippen molar-refractivity contribution < 1.29 is 9.59 Å². The van der Waals surface area contributed by atoms with E-state index >= 15 is 0 Å². The predicted molar refractivity (Wildman–Crippen MR) is 88.8 cm³/mol. The molecule has 1 atom stereocenters. The van der Waals surface area contributed by atoms with E-state index in [2.05, 4.69) is 20.8 Å². The summed E-state index contributed by atoms with van der Waals surface area (Å²) < 4.78 is 0.569. The smallest absolute Gasteiger partial charge is 0.240 e. The lowest BCUT2D eigenvalue weighted by Crippen LogP contribution is -2.34. The van der Waals surface area contributed by atoms with Crippen molar-refractivity contribution in [3.63, 3.8) is 0 Å². The zero-order chi connectivity index (χ0) is 16.1. The van der Waals surface area contributed by atoms with Gasteiger partial charge in [0.1, 0.15) is 5.25 Å². The van der Waals surface area contributed by atoms with E-state index in [4.69, 9.17) is 0 Å². The van der Waals surface area contributed by atoms with Crippen LogP contribution < -0.4 is 10.6 Å². The zero-order valence-corrected chi connectivity index (χ0v) is 14.0. The highest BCUT2D eigenvalue weighted by atomic mass is 32.2. The van der Waals surface area contributed by atoms with Crippen molar-refractivity contribution in [3.05, 3.63) is 29.8 Å². The molecule has 1 amide bonds. The summed E-state index contributed by atoms with van der Waals surface area (Å²) in [7, 11) is 1.50. The molecule has 2 N–H and O–H groups in total. The standard InChI is InChI=1S/C14H16N4O2S2/c1-8-6-4-5-7-10(8)16-13-17-18-14(22-13)21-11(9(2)19)12(20)15-3/h4-7,11H,1-3H3,(H,15,20)(H,16,17)/t11-/m0/s1. The summed E-state index contributed by atoms with van der Waals surface area (Å²) >= 11 is 2.42. The lowest BCUT2D eigenvalue weighted by atomic mass is 10.2. The van der Waals surface area contributed by atoms with Crippen LogP contribution in [0.5, 0.6) is 0 Å². The second kappa shape index (κ2) is 7.37. The van der Waals surface area contributed by atoms with E-state index < -0.39 is 5.25 Å². The molecule has 8 heteroatoms. The third-order valence-electron chi connectivity index (χ3n) is 2.87. The van der Waals surface area contributed by atoms with Crippen LogP contribution in [0.25, 0.3) is 0 Å². The topological polar surface area (TPSA) is 84.0 Å². The molecule has 0 unspecified atom stereocenters. The summed E-state index contributed by atoms with van der Waals surface area (Å²) in [6, 6.07) is 7.84. The maximum absolute atomic E-state index is 11.7. The number of Topliss-reactive ketones (excluding diaryl/α,β-unsaturated/α-hetero) is 1. The van der Waals surface area contributed by atoms with E-state index in [0.717, 1.165) is 23.0 Å². The molecule has 6 nitrogen and oxygen atoms in total. The number of carbonyl (C=O) groups is 2. The summed E-state index contributed by atoms with van der Waals surface area (Å²) in [5, 5.41) is 13.5. The fourth-order valence-corrected chi connectivity index (χ4v) is 3.58. The average molecular weight is 336 g/mol. The first-order valence-corrected chi connectivity index (χ1v) is 8.25. The van der Waals surface area contributed by atoms with Gasteiger partial charge in [0.2, 0.25) is 11.0 Å². The van der Waals surface area contributed by atoms with Crippen molar-refractivity contribution in [1.82, 2.24) is 15.5 Å². The second-order valence-electron chi connectivity index (χ2n) is 4.54. The fraction of sp³-hybridized carbons (Fsp3) is 0.286. The first kappa shape index (κ1) is 16.4. The Labute approximate surface area is 136 Å². The predicted octanol–water partition coefficient (Wildman–Crippen LogP) is 2.39. The maximum Gasteiger partial charge on any atom is 0.240 e. The minimum absolute atomic E-state index is 0.215. The van der Waals surface area contributed by atoms with Crippen LogP contribution in [0.2, 0.25) is 0 Å². The van der Waals surface area contributed by atoms with E-state index in [0.29, 0.717) is 9.47 Å². The van der Waals surface area contributed by atoms with E-state index in [1.54, 1.807) is 0 Å². The zero-order valence-electron chi connectivity index (χ0n) is 12.4. The Kier molecular flexibility index (Phi) is 5.51. The Morgan fingerprint density at radius 3 is 2.64 bits per heavy atom.